The van der Waals surface area contributed by atoms with E-state index in [0.29, 0.717) is 0 Å². The Morgan fingerprint density at radius 1 is 1.41 bits per heavy atom. The summed E-state index contributed by atoms with van der Waals surface area (Å²) in [4.78, 5) is 4.72. The van der Waals surface area contributed by atoms with E-state index in [1.54, 1.807) is 11.7 Å². The summed E-state index contributed by atoms with van der Waals surface area (Å²) in [5.41, 5.74) is 1.64. The number of nitrogens with zero attached hydrogens (tertiary/aromatic N) is 1. The zero-order valence-corrected chi connectivity index (χ0v) is 10.3. The maximum atomic E-state index is 11.8. The zero-order valence-electron chi connectivity index (χ0n) is 8.70. The third kappa shape index (κ3) is 3.02. The summed E-state index contributed by atoms with van der Waals surface area (Å²) in [6.45, 7) is 0.197. The predicted molar refractivity (Wildman–Crippen MR) is 64.2 cm³/mol. The van der Waals surface area contributed by atoms with Crippen LogP contribution in [0.1, 0.15) is 4.88 Å². The summed E-state index contributed by atoms with van der Waals surface area (Å²) in [7, 11) is -3.59. The van der Waals surface area contributed by atoms with Crippen molar-refractivity contribution >= 4 is 21.4 Å². The molecule has 7 heteroatoms. The Balaban J connectivity index is 2.14. The van der Waals surface area contributed by atoms with Gasteiger partial charge in [0.05, 0.1) is 10.4 Å². The summed E-state index contributed by atoms with van der Waals surface area (Å²) >= 11 is 1.37. The van der Waals surface area contributed by atoms with Gasteiger partial charge in [-0.05, 0) is 18.2 Å². The number of nitrogens with one attached hydrogen (secondary N) is 1. The lowest BCUT2D eigenvalue weighted by Gasteiger charge is -2.05. The molecule has 2 N–H and O–H groups in total. The van der Waals surface area contributed by atoms with Gasteiger partial charge in [-0.25, -0.2) is 13.1 Å². The second-order valence-corrected chi connectivity index (χ2v) is 6.03. The SMILES string of the molecule is O=S(=O)(NCc1cncs1)c1cccc(O)c1. The van der Waals surface area contributed by atoms with Gasteiger partial charge >= 0.3 is 0 Å². The predicted octanol–water partition coefficient (Wildman–Crippen LogP) is 1.33. The number of phenolic OH excluding ortho intramolecular Hbond substituents is 1. The van der Waals surface area contributed by atoms with Crippen LogP contribution >= 0.6 is 11.3 Å². The largest absolute Gasteiger partial charge is 0.508 e. The number of rotatable bonds is 4. The van der Waals surface area contributed by atoms with Crippen molar-refractivity contribution in [3.05, 3.63) is 40.8 Å². The molecule has 0 fully saturated rings. The van der Waals surface area contributed by atoms with Crippen molar-refractivity contribution in [3.8, 4) is 5.75 Å². The smallest absolute Gasteiger partial charge is 0.241 e. The molecular weight excluding hydrogens is 260 g/mol. The van der Waals surface area contributed by atoms with Crippen LogP contribution in [0, 0.1) is 0 Å². The number of benzene rings is 1. The first-order valence-corrected chi connectivity index (χ1v) is 7.10. The van der Waals surface area contributed by atoms with Gasteiger partial charge in [0, 0.05) is 17.6 Å². The van der Waals surface area contributed by atoms with E-state index in [1.165, 1.54) is 35.6 Å². The van der Waals surface area contributed by atoms with Gasteiger partial charge in [-0.15, -0.1) is 11.3 Å². The van der Waals surface area contributed by atoms with Crippen molar-refractivity contribution in [2.45, 2.75) is 11.4 Å². The van der Waals surface area contributed by atoms with E-state index in [-0.39, 0.29) is 17.2 Å². The highest BCUT2D eigenvalue weighted by Crippen LogP contribution is 2.16. The minimum absolute atomic E-state index is 0.0435. The molecule has 2 rings (SSSR count). The van der Waals surface area contributed by atoms with E-state index in [9.17, 15) is 13.5 Å². The second-order valence-electron chi connectivity index (χ2n) is 3.29. The summed E-state index contributed by atoms with van der Waals surface area (Å²) in [6, 6.07) is 5.53. The summed E-state index contributed by atoms with van der Waals surface area (Å²) in [6.07, 6.45) is 1.61. The number of hydrogen-bond donors (Lipinski definition) is 2. The van der Waals surface area contributed by atoms with Crippen LogP contribution in [0.4, 0.5) is 0 Å². The average molecular weight is 270 g/mol. The molecule has 2 aromatic rings. The molecule has 1 heterocycles. The third-order valence-corrected chi connectivity index (χ3v) is 4.23. The highest BCUT2D eigenvalue weighted by atomic mass is 32.2. The minimum Gasteiger partial charge on any atom is -0.508 e. The van der Waals surface area contributed by atoms with Crippen LogP contribution in [0.2, 0.25) is 0 Å². The fourth-order valence-electron chi connectivity index (χ4n) is 1.23. The van der Waals surface area contributed by atoms with Gasteiger partial charge in [0.25, 0.3) is 0 Å². The molecule has 0 radical (unpaired) electrons. The Kier molecular flexibility index (Phi) is 3.41. The van der Waals surface area contributed by atoms with Crippen LogP contribution < -0.4 is 4.72 Å². The molecule has 0 saturated carbocycles. The Morgan fingerprint density at radius 2 is 2.24 bits per heavy atom. The Morgan fingerprint density at radius 3 is 2.88 bits per heavy atom. The van der Waals surface area contributed by atoms with Gasteiger partial charge < -0.3 is 5.11 Å². The van der Waals surface area contributed by atoms with Crippen molar-refractivity contribution in [2.24, 2.45) is 0 Å². The number of aromatic nitrogens is 1. The number of thiazole rings is 1. The molecule has 0 unspecified atom stereocenters. The van der Waals surface area contributed by atoms with Crippen LogP contribution in [0.3, 0.4) is 0 Å². The maximum Gasteiger partial charge on any atom is 0.241 e. The number of sulfonamides is 1. The quantitative estimate of drug-likeness (QED) is 0.878. The summed E-state index contributed by atoms with van der Waals surface area (Å²) in [5, 5.41) is 9.23. The molecule has 90 valence electrons. The average Bonchev–Trinajstić information content (AvgIpc) is 2.79. The lowest BCUT2D eigenvalue weighted by atomic mass is 10.3. The standard InChI is InChI=1S/C10H10N2O3S2/c13-8-2-1-3-10(4-8)17(14,15)12-6-9-5-11-7-16-9/h1-5,7,12-13H,6H2. The molecule has 0 bridgehead atoms. The molecule has 0 amide bonds. The lowest BCUT2D eigenvalue weighted by molar-refractivity contribution is 0.473. The van der Waals surface area contributed by atoms with Crippen molar-refractivity contribution in [3.63, 3.8) is 0 Å². The molecule has 1 aromatic carbocycles. The first-order chi connectivity index (χ1) is 8.08. The number of aromatic hydroxyl groups is 1. The fraction of sp³-hybridized carbons (Fsp3) is 0.100. The van der Waals surface area contributed by atoms with Gasteiger partial charge in [0.15, 0.2) is 0 Å². The molecule has 0 spiro atoms. The second kappa shape index (κ2) is 4.82. The van der Waals surface area contributed by atoms with E-state index in [4.69, 9.17) is 0 Å². The Labute approximate surface area is 103 Å². The van der Waals surface area contributed by atoms with Crippen LogP contribution in [-0.2, 0) is 16.6 Å². The van der Waals surface area contributed by atoms with Crippen molar-refractivity contribution in [1.82, 2.24) is 9.71 Å². The first-order valence-electron chi connectivity index (χ1n) is 4.74. The van der Waals surface area contributed by atoms with E-state index >= 15 is 0 Å². The molecular formula is C10H10N2O3S2. The highest BCUT2D eigenvalue weighted by Gasteiger charge is 2.14. The first kappa shape index (κ1) is 12.0. The van der Waals surface area contributed by atoms with E-state index < -0.39 is 10.0 Å². The molecule has 0 aliphatic rings. The van der Waals surface area contributed by atoms with Crippen molar-refractivity contribution < 1.29 is 13.5 Å². The molecule has 0 aliphatic heterocycles. The zero-order chi connectivity index (χ0) is 12.3. The van der Waals surface area contributed by atoms with Gasteiger partial charge in [0.1, 0.15) is 5.75 Å². The fourth-order valence-corrected chi connectivity index (χ4v) is 2.90. The Hall–Kier alpha value is -1.44. The van der Waals surface area contributed by atoms with Crippen LogP contribution in [0.25, 0.3) is 0 Å². The maximum absolute atomic E-state index is 11.8. The van der Waals surface area contributed by atoms with Gasteiger partial charge in [-0.1, -0.05) is 6.07 Å². The van der Waals surface area contributed by atoms with Crippen molar-refractivity contribution in [2.75, 3.05) is 0 Å². The monoisotopic (exact) mass is 270 g/mol. The third-order valence-electron chi connectivity index (χ3n) is 2.05. The highest BCUT2D eigenvalue weighted by molar-refractivity contribution is 7.89. The van der Waals surface area contributed by atoms with Crippen LogP contribution in [0.15, 0.2) is 40.9 Å². The molecule has 1 aromatic heterocycles. The lowest BCUT2D eigenvalue weighted by Crippen LogP contribution is -2.22. The van der Waals surface area contributed by atoms with E-state index in [2.05, 4.69) is 9.71 Å². The molecule has 17 heavy (non-hydrogen) atoms. The topological polar surface area (TPSA) is 79.3 Å². The van der Waals surface area contributed by atoms with Gasteiger partial charge in [-0.2, -0.15) is 0 Å². The van der Waals surface area contributed by atoms with E-state index in [1.807, 2.05) is 0 Å². The molecule has 0 aliphatic carbocycles. The molecule has 0 atom stereocenters. The number of phenols is 1. The normalized spacial score (nSPS) is 11.5. The van der Waals surface area contributed by atoms with E-state index in [0.717, 1.165) is 4.88 Å². The number of hydrogen-bond acceptors (Lipinski definition) is 5. The summed E-state index contributed by atoms with van der Waals surface area (Å²) in [5.74, 6) is -0.0781. The van der Waals surface area contributed by atoms with Crippen LogP contribution in [0.5, 0.6) is 5.75 Å². The molecule has 0 saturated heterocycles. The van der Waals surface area contributed by atoms with Crippen LogP contribution in [-0.4, -0.2) is 18.5 Å². The Bertz CT molecular complexity index is 594. The minimum atomic E-state index is -3.59. The van der Waals surface area contributed by atoms with Gasteiger partial charge in [-0.3, -0.25) is 4.98 Å². The molecule has 5 nitrogen and oxygen atoms in total. The van der Waals surface area contributed by atoms with Gasteiger partial charge in [0.2, 0.25) is 10.0 Å². The van der Waals surface area contributed by atoms with Crippen molar-refractivity contribution in [1.29, 1.82) is 0 Å². The summed E-state index contributed by atoms with van der Waals surface area (Å²) < 4.78 is 26.1.